The first-order valence-electron chi connectivity index (χ1n) is 5.60. The van der Waals surface area contributed by atoms with Gasteiger partial charge in [0.1, 0.15) is 5.75 Å². The van der Waals surface area contributed by atoms with E-state index >= 15 is 0 Å². The molecule has 0 aliphatic heterocycles. The molecule has 2 aromatic rings. The quantitative estimate of drug-likeness (QED) is 0.775. The number of aromatic nitrogens is 1. The third kappa shape index (κ3) is 2.71. The highest BCUT2D eigenvalue weighted by Crippen LogP contribution is 2.22. The number of carbonyl (C=O) groups excluding carboxylic acids is 1. The Morgan fingerprint density at radius 1 is 1.33 bits per heavy atom. The molecule has 0 aliphatic rings. The van der Waals surface area contributed by atoms with Crippen molar-refractivity contribution >= 4 is 6.29 Å². The molecule has 0 bridgehead atoms. The number of aldehydes is 1. The zero-order valence-corrected chi connectivity index (χ0v) is 9.89. The van der Waals surface area contributed by atoms with Crippen molar-refractivity contribution in [3.63, 3.8) is 0 Å². The van der Waals surface area contributed by atoms with Crippen LogP contribution in [0.25, 0.3) is 0 Å². The second kappa shape index (κ2) is 5.40. The lowest BCUT2D eigenvalue weighted by atomic mass is 10.2. The third-order valence-electron chi connectivity index (χ3n) is 2.51. The number of benzene rings is 1. The fraction of sp³-hybridized carbons (Fsp3) is 0.143. The van der Waals surface area contributed by atoms with Gasteiger partial charge in [-0.2, -0.15) is 0 Å². The van der Waals surface area contributed by atoms with Crippen LogP contribution in [0.4, 0.5) is 4.39 Å². The van der Waals surface area contributed by atoms with E-state index < -0.39 is 5.82 Å². The van der Waals surface area contributed by atoms with Crippen LogP contribution >= 0.6 is 0 Å². The van der Waals surface area contributed by atoms with Crippen molar-refractivity contribution in [1.29, 1.82) is 0 Å². The first-order chi connectivity index (χ1) is 8.72. The number of pyridine rings is 1. The maximum absolute atomic E-state index is 13.5. The van der Waals surface area contributed by atoms with E-state index in [1.54, 1.807) is 12.1 Å². The molecule has 92 valence electrons. The summed E-state index contributed by atoms with van der Waals surface area (Å²) in [5, 5.41) is 0. The van der Waals surface area contributed by atoms with Crippen LogP contribution in [0.15, 0.2) is 36.5 Å². The molecular formula is C14H12FNO2. The lowest BCUT2D eigenvalue weighted by molar-refractivity contribution is 0.112. The van der Waals surface area contributed by atoms with E-state index in [0.29, 0.717) is 12.0 Å². The number of halogens is 1. The van der Waals surface area contributed by atoms with Crippen LogP contribution in [0.2, 0.25) is 0 Å². The van der Waals surface area contributed by atoms with Gasteiger partial charge in [0.15, 0.2) is 12.1 Å². The average Bonchev–Trinajstić information content (AvgIpc) is 2.42. The number of nitrogens with zero attached hydrogens (tertiary/aromatic N) is 1. The van der Waals surface area contributed by atoms with Gasteiger partial charge in [-0.3, -0.25) is 4.79 Å². The summed E-state index contributed by atoms with van der Waals surface area (Å²) in [6.45, 7) is 2.05. The standard InChI is InChI=1S/C14H12FNO2/c1-2-10-3-5-12(6-4-10)18-14-13(15)7-11(9-17)8-16-14/h3-9H,2H2,1H3. The van der Waals surface area contributed by atoms with Gasteiger partial charge < -0.3 is 4.74 Å². The molecule has 18 heavy (non-hydrogen) atoms. The summed E-state index contributed by atoms with van der Waals surface area (Å²) in [7, 11) is 0. The Balaban J connectivity index is 2.19. The Morgan fingerprint density at radius 3 is 2.61 bits per heavy atom. The zero-order chi connectivity index (χ0) is 13.0. The molecule has 1 aromatic carbocycles. The van der Waals surface area contributed by atoms with E-state index in [4.69, 9.17) is 4.74 Å². The topological polar surface area (TPSA) is 39.2 Å². The van der Waals surface area contributed by atoms with Gasteiger partial charge in [-0.05, 0) is 30.2 Å². The van der Waals surface area contributed by atoms with E-state index in [1.807, 2.05) is 12.1 Å². The predicted octanol–water partition coefficient (Wildman–Crippen LogP) is 3.39. The lowest BCUT2D eigenvalue weighted by Crippen LogP contribution is -1.94. The minimum atomic E-state index is -0.654. The predicted molar refractivity (Wildman–Crippen MR) is 65.5 cm³/mol. The van der Waals surface area contributed by atoms with Crippen LogP contribution in [0, 0.1) is 5.82 Å². The Labute approximate surface area is 104 Å². The molecule has 1 heterocycles. The van der Waals surface area contributed by atoms with Gasteiger partial charge in [-0.15, -0.1) is 0 Å². The van der Waals surface area contributed by atoms with Crippen molar-refractivity contribution in [1.82, 2.24) is 4.98 Å². The summed E-state index contributed by atoms with van der Waals surface area (Å²) in [5.41, 5.74) is 1.35. The Hall–Kier alpha value is -2.23. The molecule has 0 amide bonds. The third-order valence-corrected chi connectivity index (χ3v) is 2.51. The highest BCUT2D eigenvalue weighted by Gasteiger charge is 2.07. The highest BCUT2D eigenvalue weighted by atomic mass is 19.1. The van der Waals surface area contributed by atoms with Gasteiger partial charge in [0.2, 0.25) is 0 Å². The molecule has 0 saturated carbocycles. The van der Waals surface area contributed by atoms with Crippen LogP contribution in [0.3, 0.4) is 0 Å². The Kier molecular flexibility index (Phi) is 3.67. The molecule has 0 spiro atoms. The Morgan fingerprint density at radius 2 is 2.06 bits per heavy atom. The number of aryl methyl sites for hydroxylation is 1. The normalized spacial score (nSPS) is 10.1. The minimum Gasteiger partial charge on any atom is -0.436 e. The number of ether oxygens (including phenoxy) is 1. The van der Waals surface area contributed by atoms with Crippen molar-refractivity contribution in [3.05, 3.63) is 53.5 Å². The number of rotatable bonds is 4. The second-order valence-corrected chi connectivity index (χ2v) is 3.77. The summed E-state index contributed by atoms with van der Waals surface area (Å²) in [4.78, 5) is 14.2. The van der Waals surface area contributed by atoms with E-state index in [0.717, 1.165) is 12.5 Å². The molecule has 0 fully saturated rings. The molecule has 0 aliphatic carbocycles. The molecular weight excluding hydrogens is 233 g/mol. The number of hydrogen-bond donors (Lipinski definition) is 0. The smallest absolute Gasteiger partial charge is 0.255 e. The van der Waals surface area contributed by atoms with Gasteiger partial charge in [0.25, 0.3) is 5.88 Å². The summed E-state index contributed by atoms with van der Waals surface area (Å²) in [6.07, 6.45) is 2.74. The molecule has 3 nitrogen and oxygen atoms in total. The van der Waals surface area contributed by atoms with Crippen LogP contribution in [0.1, 0.15) is 22.8 Å². The number of carbonyl (C=O) groups is 1. The fourth-order valence-corrected chi connectivity index (χ4v) is 1.48. The van der Waals surface area contributed by atoms with Gasteiger partial charge in [0, 0.05) is 11.8 Å². The summed E-state index contributed by atoms with van der Waals surface area (Å²) < 4.78 is 18.8. The molecule has 1 aromatic heterocycles. The Bertz CT molecular complexity index is 552. The maximum Gasteiger partial charge on any atom is 0.255 e. The highest BCUT2D eigenvalue weighted by molar-refractivity contribution is 5.74. The summed E-state index contributed by atoms with van der Waals surface area (Å²) in [6, 6.07) is 8.43. The van der Waals surface area contributed by atoms with E-state index in [2.05, 4.69) is 11.9 Å². The molecule has 0 saturated heterocycles. The summed E-state index contributed by atoms with van der Waals surface area (Å²) >= 11 is 0. The first-order valence-corrected chi connectivity index (χ1v) is 5.60. The molecule has 0 unspecified atom stereocenters. The number of hydrogen-bond acceptors (Lipinski definition) is 3. The SMILES string of the molecule is CCc1ccc(Oc2ncc(C=O)cc2F)cc1. The van der Waals surface area contributed by atoms with Crippen molar-refractivity contribution < 1.29 is 13.9 Å². The van der Waals surface area contributed by atoms with Crippen LogP contribution in [-0.4, -0.2) is 11.3 Å². The van der Waals surface area contributed by atoms with Crippen molar-refractivity contribution in [2.24, 2.45) is 0 Å². The van der Waals surface area contributed by atoms with Gasteiger partial charge in [0.05, 0.1) is 0 Å². The second-order valence-electron chi connectivity index (χ2n) is 3.77. The fourth-order valence-electron chi connectivity index (χ4n) is 1.48. The molecule has 0 atom stereocenters. The van der Waals surface area contributed by atoms with Crippen LogP contribution in [-0.2, 0) is 6.42 Å². The zero-order valence-electron chi connectivity index (χ0n) is 9.89. The maximum atomic E-state index is 13.5. The molecule has 0 N–H and O–H groups in total. The monoisotopic (exact) mass is 245 g/mol. The average molecular weight is 245 g/mol. The molecule has 2 rings (SSSR count). The van der Waals surface area contributed by atoms with Crippen molar-refractivity contribution in [3.8, 4) is 11.6 Å². The van der Waals surface area contributed by atoms with Gasteiger partial charge >= 0.3 is 0 Å². The first kappa shape index (κ1) is 12.2. The minimum absolute atomic E-state index is 0.134. The molecule has 4 heteroatoms. The summed E-state index contributed by atoms with van der Waals surface area (Å²) in [5.74, 6) is -0.276. The van der Waals surface area contributed by atoms with E-state index in [-0.39, 0.29) is 11.4 Å². The van der Waals surface area contributed by atoms with E-state index in [1.165, 1.54) is 11.8 Å². The lowest BCUT2D eigenvalue weighted by Gasteiger charge is -2.06. The van der Waals surface area contributed by atoms with Gasteiger partial charge in [-0.1, -0.05) is 19.1 Å². The van der Waals surface area contributed by atoms with E-state index in [9.17, 15) is 9.18 Å². The largest absolute Gasteiger partial charge is 0.436 e. The van der Waals surface area contributed by atoms with Crippen LogP contribution in [0.5, 0.6) is 11.6 Å². The van der Waals surface area contributed by atoms with Gasteiger partial charge in [-0.25, -0.2) is 9.37 Å². The molecule has 0 radical (unpaired) electrons. The van der Waals surface area contributed by atoms with Crippen molar-refractivity contribution in [2.75, 3.05) is 0 Å². The van der Waals surface area contributed by atoms with Crippen molar-refractivity contribution in [2.45, 2.75) is 13.3 Å². The van der Waals surface area contributed by atoms with Crippen LogP contribution < -0.4 is 4.74 Å².